The van der Waals surface area contributed by atoms with Gasteiger partial charge in [0.05, 0.1) is 0 Å². The van der Waals surface area contributed by atoms with Gasteiger partial charge in [-0.1, -0.05) is 13.8 Å². The molecule has 0 fully saturated rings. The average Bonchev–Trinajstić information content (AvgIpc) is 2.24. The van der Waals surface area contributed by atoms with Gasteiger partial charge in [-0.15, -0.1) is 0 Å². The van der Waals surface area contributed by atoms with E-state index in [1.165, 1.54) is 12.5 Å². The molecule has 0 saturated carbocycles. The zero-order valence-electron chi connectivity index (χ0n) is 4.97. The summed E-state index contributed by atoms with van der Waals surface area (Å²) in [5.41, 5.74) is 0. The number of H-pyrrole nitrogens is 1. The molecule has 8 heavy (non-hydrogen) atoms. The van der Waals surface area contributed by atoms with Gasteiger partial charge in [-0.05, 0) is 0 Å². The van der Waals surface area contributed by atoms with Crippen LogP contribution < -0.4 is 5.76 Å². The zero-order valence-corrected chi connectivity index (χ0v) is 4.97. The summed E-state index contributed by atoms with van der Waals surface area (Å²) in [5.74, 6) is -0.407. The first kappa shape index (κ1) is 7.01. The first-order valence-electron chi connectivity index (χ1n) is 2.52. The maximum atomic E-state index is 9.85. The van der Waals surface area contributed by atoms with Gasteiger partial charge < -0.3 is 4.42 Å². The lowest BCUT2D eigenvalue weighted by Gasteiger charge is -1.51. The largest absolute Gasteiger partial charge is 0.417 e. The highest BCUT2D eigenvalue weighted by Crippen LogP contribution is 1.62. The van der Waals surface area contributed by atoms with Crippen molar-refractivity contribution in [2.75, 3.05) is 0 Å². The maximum absolute atomic E-state index is 9.85. The minimum Gasteiger partial charge on any atom is -0.417 e. The van der Waals surface area contributed by atoms with E-state index >= 15 is 0 Å². The monoisotopic (exact) mass is 115 g/mol. The third-order valence-electron chi connectivity index (χ3n) is 0.444. The van der Waals surface area contributed by atoms with Crippen LogP contribution in [0.4, 0.5) is 0 Å². The second-order valence-corrected chi connectivity index (χ2v) is 0.852. The molecular formula is C5H9NO2. The SMILES string of the molecule is CC.O=c1[nH]cco1. The lowest BCUT2D eigenvalue weighted by atomic mass is 11.0. The van der Waals surface area contributed by atoms with Crippen molar-refractivity contribution in [1.29, 1.82) is 0 Å². The summed E-state index contributed by atoms with van der Waals surface area (Å²) in [7, 11) is 0. The van der Waals surface area contributed by atoms with Gasteiger partial charge in [0.15, 0.2) is 0 Å². The lowest BCUT2D eigenvalue weighted by molar-refractivity contribution is 0.515. The molecule has 0 aliphatic heterocycles. The standard InChI is InChI=1S/C3H3NO2.C2H6/c5-3-4-1-2-6-3;1-2/h1-2H,(H,4,5);1-2H3. The van der Waals surface area contributed by atoms with Crippen LogP contribution >= 0.6 is 0 Å². The number of rotatable bonds is 0. The maximum Gasteiger partial charge on any atom is 0.416 e. The molecule has 3 heteroatoms. The molecule has 1 N–H and O–H groups in total. The highest BCUT2D eigenvalue weighted by Gasteiger charge is 1.72. The molecule has 0 bridgehead atoms. The molecule has 0 aliphatic rings. The van der Waals surface area contributed by atoms with Crippen molar-refractivity contribution in [2.24, 2.45) is 0 Å². The van der Waals surface area contributed by atoms with Crippen molar-refractivity contribution in [3.63, 3.8) is 0 Å². The van der Waals surface area contributed by atoms with E-state index in [-0.39, 0.29) is 0 Å². The molecule has 1 heterocycles. The molecule has 1 aromatic rings. The average molecular weight is 115 g/mol. The number of aromatic amines is 1. The van der Waals surface area contributed by atoms with Crippen LogP contribution in [0.5, 0.6) is 0 Å². The minimum absolute atomic E-state index is 0.407. The van der Waals surface area contributed by atoms with Crippen LogP contribution in [-0.2, 0) is 0 Å². The van der Waals surface area contributed by atoms with Gasteiger partial charge in [0.2, 0.25) is 0 Å². The summed E-state index contributed by atoms with van der Waals surface area (Å²) in [6.07, 6.45) is 2.73. The Kier molecular flexibility index (Phi) is 3.66. The fraction of sp³-hybridized carbons (Fsp3) is 0.400. The van der Waals surface area contributed by atoms with Gasteiger partial charge in [-0.2, -0.15) is 0 Å². The summed E-state index contributed by atoms with van der Waals surface area (Å²) in [6.45, 7) is 4.00. The van der Waals surface area contributed by atoms with E-state index in [1.807, 2.05) is 13.8 Å². The summed E-state index contributed by atoms with van der Waals surface area (Å²) in [5, 5.41) is 0. The van der Waals surface area contributed by atoms with Gasteiger partial charge in [-0.25, -0.2) is 4.79 Å². The van der Waals surface area contributed by atoms with Crippen molar-refractivity contribution in [3.05, 3.63) is 23.0 Å². The quantitative estimate of drug-likeness (QED) is 0.548. The topological polar surface area (TPSA) is 46.0 Å². The van der Waals surface area contributed by atoms with Crippen molar-refractivity contribution < 1.29 is 4.42 Å². The second kappa shape index (κ2) is 4.18. The predicted octanol–water partition coefficient (Wildman–Crippen LogP) is 0.994. The molecule has 0 aliphatic carbocycles. The number of oxazole rings is 1. The Morgan fingerprint density at radius 1 is 1.62 bits per heavy atom. The predicted molar refractivity (Wildman–Crippen MR) is 30.7 cm³/mol. The third-order valence-corrected chi connectivity index (χ3v) is 0.444. The van der Waals surface area contributed by atoms with Crippen LogP contribution in [0.1, 0.15) is 13.8 Å². The van der Waals surface area contributed by atoms with E-state index in [0.717, 1.165) is 0 Å². The lowest BCUT2D eigenvalue weighted by Crippen LogP contribution is -1.91. The van der Waals surface area contributed by atoms with Crippen molar-refractivity contribution in [3.8, 4) is 0 Å². The van der Waals surface area contributed by atoms with Crippen molar-refractivity contribution in [2.45, 2.75) is 13.8 Å². The van der Waals surface area contributed by atoms with Crippen LogP contribution in [0.25, 0.3) is 0 Å². The molecule has 1 aromatic heterocycles. The molecule has 0 unspecified atom stereocenters. The summed E-state index contributed by atoms with van der Waals surface area (Å²) < 4.78 is 4.22. The Balaban J connectivity index is 0.000000222. The zero-order chi connectivity index (χ0) is 6.41. The van der Waals surface area contributed by atoms with Crippen LogP contribution in [0.15, 0.2) is 21.7 Å². The molecule has 3 nitrogen and oxygen atoms in total. The summed E-state index contributed by atoms with van der Waals surface area (Å²) in [4.78, 5) is 12.1. The van der Waals surface area contributed by atoms with Gasteiger partial charge in [0.1, 0.15) is 6.26 Å². The molecule has 0 atom stereocenters. The number of hydrogen-bond donors (Lipinski definition) is 1. The van der Waals surface area contributed by atoms with Crippen molar-refractivity contribution in [1.82, 2.24) is 4.98 Å². The van der Waals surface area contributed by atoms with E-state index in [9.17, 15) is 4.79 Å². The minimum atomic E-state index is -0.407. The fourth-order valence-corrected chi connectivity index (χ4v) is 0.232. The van der Waals surface area contributed by atoms with Gasteiger partial charge >= 0.3 is 5.76 Å². The Morgan fingerprint density at radius 3 is 2.38 bits per heavy atom. The summed E-state index contributed by atoms with van der Waals surface area (Å²) >= 11 is 0. The highest BCUT2D eigenvalue weighted by atomic mass is 16.4. The molecular weight excluding hydrogens is 106 g/mol. The van der Waals surface area contributed by atoms with Gasteiger partial charge in [0, 0.05) is 6.20 Å². The Hall–Kier alpha value is -0.990. The fourth-order valence-electron chi connectivity index (χ4n) is 0.232. The normalized spacial score (nSPS) is 7.25. The van der Waals surface area contributed by atoms with Crippen LogP contribution in [0.2, 0.25) is 0 Å². The van der Waals surface area contributed by atoms with E-state index in [2.05, 4.69) is 9.40 Å². The first-order chi connectivity index (χ1) is 3.89. The highest BCUT2D eigenvalue weighted by molar-refractivity contribution is 4.58. The third kappa shape index (κ3) is 2.23. The Bertz CT molecular complexity index is 148. The van der Waals surface area contributed by atoms with E-state index < -0.39 is 5.76 Å². The van der Waals surface area contributed by atoms with Crippen LogP contribution in [0.3, 0.4) is 0 Å². The van der Waals surface area contributed by atoms with E-state index in [4.69, 9.17) is 0 Å². The second-order valence-electron chi connectivity index (χ2n) is 0.852. The molecule has 46 valence electrons. The van der Waals surface area contributed by atoms with E-state index in [0.29, 0.717) is 0 Å². The van der Waals surface area contributed by atoms with Gasteiger partial charge in [-0.3, -0.25) is 4.98 Å². The molecule has 0 saturated heterocycles. The van der Waals surface area contributed by atoms with E-state index in [1.54, 1.807) is 0 Å². The number of nitrogens with one attached hydrogen (secondary N) is 1. The molecule has 0 spiro atoms. The number of aromatic nitrogens is 1. The molecule has 1 rings (SSSR count). The first-order valence-corrected chi connectivity index (χ1v) is 2.52. The molecule has 0 amide bonds. The van der Waals surface area contributed by atoms with Crippen LogP contribution in [0, 0.1) is 0 Å². The van der Waals surface area contributed by atoms with Gasteiger partial charge in [0.25, 0.3) is 0 Å². The smallest absolute Gasteiger partial charge is 0.416 e. The molecule has 0 aromatic carbocycles. The number of hydrogen-bond acceptors (Lipinski definition) is 2. The van der Waals surface area contributed by atoms with Crippen molar-refractivity contribution >= 4 is 0 Å². The molecule has 0 radical (unpaired) electrons. The van der Waals surface area contributed by atoms with Crippen LogP contribution in [-0.4, -0.2) is 4.98 Å². The Labute approximate surface area is 47.3 Å². The summed E-state index contributed by atoms with van der Waals surface area (Å²) in [6, 6.07) is 0. The Morgan fingerprint density at radius 2 is 2.25 bits per heavy atom.